The molecule has 0 spiro atoms. The maximum atomic E-state index is 5.76. The van der Waals surface area contributed by atoms with Gasteiger partial charge in [0.05, 0.1) is 0 Å². The Hall–Kier alpha value is -1.24. The number of hydrogen-bond donors (Lipinski definition) is 2. The van der Waals surface area contributed by atoms with E-state index in [1.54, 1.807) is 11.8 Å². The molecule has 106 valence electrons. The van der Waals surface area contributed by atoms with Crippen molar-refractivity contribution >= 4 is 29.6 Å². The fourth-order valence-corrected chi connectivity index (χ4v) is 2.10. The van der Waals surface area contributed by atoms with Crippen LogP contribution in [-0.4, -0.2) is 45.6 Å². The highest BCUT2D eigenvalue weighted by Crippen LogP contribution is 2.22. The highest BCUT2D eigenvalue weighted by molar-refractivity contribution is 7.99. The van der Waals surface area contributed by atoms with E-state index in [1.807, 2.05) is 0 Å². The van der Waals surface area contributed by atoms with Gasteiger partial charge in [0.2, 0.25) is 17.8 Å². The van der Waals surface area contributed by atoms with Gasteiger partial charge in [0, 0.05) is 24.4 Å². The largest absolute Gasteiger partial charge is 0.368 e. The van der Waals surface area contributed by atoms with Gasteiger partial charge in [-0.2, -0.15) is 26.7 Å². The Bertz CT molecular complexity index is 430. The lowest BCUT2D eigenvalue weighted by Crippen LogP contribution is -2.28. The summed E-state index contributed by atoms with van der Waals surface area (Å²) in [5.74, 6) is 1.53. The van der Waals surface area contributed by atoms with E-state index in [-0.39, 0.29) is 10.7 Å². The number of anilines is 3. The van der Waals surface area contributed by atoms with Crippen LogP contribution in [0.25, 0.3) is 0 Å². The second kappa shape index (κ2) is 5.81. The zero-order chi connectivity index (χ0) is 13.9. The summed E-state index contributed by atoms with van der Waals surface area (Å²) in [5.41, 5.74) is 5.76. The third-order valence-corrected chi connectivity index (χ3v) is 4.50. The molecule has 1 aliphatic rings. The molecule has 2 heterocycles. The average molecular weight is 282 g/mol. The van der Waals surface area contributed by atoms with Gasteiger partial charge in [-0.15, -0.1) is 0 Å². The Morgan fingerprint density at radius 2 is 1.95 bits per heavy atom. The van der Waals surface area contributed by atoms with Crippen LogP contribution in [0.2, 0.25) is 0 Å². The number of aromatic nitrogens is 3. The second-order valence-electron chi connectivity index (χ2n) is 5.33. The number of nitrogens with zero attached hydrogens (tertiary/aromatic N) is 4. The molecule has 0 bridgehead atoms. The fraction of sp³-hybridized carbons (Fsp3) is 0.750. The minimum absolute atomic E-state index is 0.134. The zero-order valence-electron chi connectivity index (χ0n) is 11.8. The van der Waals surface area contributed by atoms with Crippen LogP contribution in [0.5, 0.6) is 0 Å². The molecule has 0 aromatic carbocycles. The van der Waals surface area contributed by atoms with Gasteiger partial charge in [-0.3, -0.25) is 0 Å². The van der Waals surface area contributed by atoms with Crippen LogP contribution in [0, 0.1) is 0 Å². The van der Waals surface area contributed by atoms with Crippen molar-refractivity contribution < 1.29 is 0 Å². The van der Waals surface area contributed by atoms with Crippen molar-refractivity contribution in [2.24, 2.45) is 0 Å². The molecule has 0 atom stereocenters. The predicted octanol–water partition coefficient (Wildman–Crippen LogP) is 1.61. The molecule has 0 amide bonds. The summed E-state index contributed by atoms with van der Waals surface area (Å²) in [4.78, 5) is 15.0. The monoisotopic (exact) mass is 282 g/mol. The number of thioether (sulfide) groups is 1. The van der Waals surface area contributed by atoms with E-state index in [2.05, 4.69) is 45.3 Å². The second-order valence-corrected chi connectivity index (χ2v) is 6.84. The molecule has 0 saturated carbocycles. The number of nitrogen functional groups attached to an aromatic ring is 1. The quantitative estimate of drug-likeness (QED) is 0.849. The van der Waals surface area contributed by atoms with Crippen LogP contribution >= 0.6 is 11.8 Å². The smallest absolute Gasteiger partial charge is 0.231 e. The first-order chi connectivity index (χ1) is 9.00. The first-order valence-electron chi connectivity index (χ1n) is 6.56. The van der Waals surface area contributed by atoms with Crippen molar-refractivity contribution in [3.63, 3.8) is 0 Å². The Labute approximate surface area is 118 Å². The maximum Gasteiger partial charge on any atom is 0.231 e. The van der Waals surface area contributed by atoms with Gasteiger partial charge >= 0.3 is 0 Å². The van der Waals surface area contributed by atoms with Gasteiger partial charge in [0.1, 0.15) is 0 Å². The average Bonchev–Trinajstić information content (AvgIpc) is 2.90. The van der Waals surface area contributed by atoms with Gasteiger partial charge in [0.15, 0.2) is 0 Å². The minimum atomic E-state index is 0.134. The van der Waals surface area contributed by atoms with Crippen molar-refractivity contribution in [2.45, 2.75) is 31.4 Å². The Balaban J connectivity index is 2.08. The van der Waals surface area contributed by atoms with Crippen molar-refractivity contribution in [3.05, 3.63) is 0 Å². The van der Waals surface area contributed by atoms with Crippen molar-refractivity contribution in [1.82, 2.24) is 15.0 Å². The molecule has 0 unspecified atom stereocenters. The minimum Gasteiger partial charge on any atom is -0.368 e. The fourth-order valence-electron chi connectivity index (χ4n) is 1.88. The van der Waals surface area contributed by atoms with E-state index >= 15 is 0 Å². The van der Waals surface area contributed by atoms with Crippen molar-refractivity contribution in [2.75, 3.05) is 41.8 Å². The maximum absolute atomic E-state index is 5.76. The standard InChI is InChI=1S/C12H22N6S/c1-12(2,19-3)8-14-10-15-9(13)16-11(17-10)18-6-4-5-7-18/h4-8H2,1-3H3,(H3,13,14,15,16,17). The van der Waals surface area contributed by atoms with E-state index < -0.39 is 0 Å². The van der Waals surface area contributed by atoms with Gasteiger partial charge < -0.3 is 16.0 Å². The molecule has 1 aromatic rings. The molecule has 1 saturated heterocycles. The van der Waals surface area contributed by atoms with Crippen molar-refractivity contribution in [3.8, 4) is 0 Å². The molecular formula is C12H22N6S. The number of hydrogen-bond acceptors (Lipinski definition) is 7. The SMILES string of the molecule is CSC(C)(C)CNc1nc(N)nc(N2CCCC2)n1. The van der Waals surface area contributed by atoms with Crippen LogP contribution in [0.15, 0.2) is 0 Å². The molecule has 19 heavy (non-hydrogen) atoms. The molecule has 2 rings (SSSR count). The van der Waals surface area contributed by atoms with Gasteiger partial charge in [-0.25, -0.2) is 0 Å². The first-order valence-corrected chi connectivity index (χ1v) is 7.78. The van der Waals surface area contributed by atoms with E-state index in [0.29, 0.717) is 11.9 Å². The van der Waals surface area contributed by atoms with Gasteiger partial charge in [-0.05, 0) is 32.9 Å². The Morgan fingerprint density at radius 1 is 1.26 bits per heavy atom. The molecule has 7 heteroatoms. The van der Waals surface area contributed by atoms with Gasteiger partial charge in [0.25, 0.3) is 0 Å². The molecular weight excluding hydrogens is 260 g/mol. The highest BCUT2D eigenvalue weighted by Gasteiger charge is 2.19. The lowest BCUT2D eigenvalue weighted by Gasteiger charge is -2.22. The van der Waals surface area contributed by atoms with Crippen LogP contribution < -0.4 is 16.0 Å². The molecule has 1 aliphatic heterocycles. The molecule has 6 nitrogen and oxygen atoms in total. The number of nitrogens with one attached hydrogen (secondary N) is 1. The summed E-state index contributed by atoms with van der Waals surface area (Å²) in [7, 11) is 0. The first kappa shape index (κ1) is 14.2. The molecule has 3 N–H and O–H groups in total. The van der Waals surface area contributed by atoms with Crippen LogP contribution in [-0.2, 0) is 0 Å². The molecule has 1 fully saturated rings. The number of nitrogens with two attached hydrogens (primary N) is 1. The van der Waals surface area contributed by atoms with E-state index in [1.165, 1.54) is 12.8 Å². The van der Waals surface area contributed by atoms with Crippen LogP contribution in [0.3, 0.4) is 0 Å². The van der Waals surface area contributed by atoms with E-state index in [0.717, 1.165) is 19.6 Å². The Kier molecular flexibility index (Phi) is 4.34. The third-order valence-electron chi connectivity index (χ3n) is 3.25. The van der Waals surface area contributed by atoms with Gasteiger partial charge in [-0.1, -0.05) is 0 Å². The molecule has 0 aliphatic carbocycles. The van der Waals surface area contributed by atoms with Crippen LogP contribution in [0.1, 0.15) is 26.7 Å². The topological polar surface area (TPSA) is 80.0 Å². The highest BCUT2D eigenvalue weighted by atomic mass is 32.2. The summed E-state index contributed by atoms with van der Waals surface area (Å²) in [6.07, 6.45) is 4.47. The summed E-state index contributed by atoms with van der Waals surface area (Å²) >= 11 is 1.80. The summed E-state index contributed by atoms with van der Waals surface area (Å²) in [6, 6.07) is 0. The van der Waals surface area contributed by atoms with Crippen LogP contribution in [0.4, 0.5) is 17.8 Å². The van der Waals surface area contributed by atoms with Crippen molar-refractivity contribution in [1.29, 1.82) is 0 Å². The summed E-state index contributed by atoms with van der Waals surface area (Å²) in [5, 5.41) is 3.25. The third kappa shape index (κ3) is 3.86. The summed E-state index contributed by atoms with van der Waals surface area (Å²) in [6.45, 7) is 7.14. The summed E-state index contributed by atoms with van der Waals surface area (Å²) < 4.78 is 0.134. The molecule has 1 aromatic heterocycles. The zero-order valence-corrected chi connectivity index (χ0v) is 12.6. The Morgan fingerprint density at radius 3 is 2.58 bits per heavy atom. The lowest BCUT2D eigenvalue weighted by molar-refractivity contribution is 0.745. The normalized spacial score (nSPS) is 15.8. The predicted molar refractivity (Wildman–Crippen MR) is 81.8 cm³/mol. The van der Waals surface area contributed by atoms with E-state index in [4.69, 9.17) is 5.73 Å². The molecule has 0 radical (unpaired) electrons. The lowest BCUT2D eigenvalue weighted by atomic mass is 10.2. The number of rotatable bonds is 5. The van der Waals surface area contributed by atoms with E-state index in [9.17, 15) is 0 Å².